The van der Waals surface area contributed by atoms with Crippen LogP contribution in [0, 0.1) is 12.7 Å². The lowest BCUT2D eigenvalue weighted by molar-refractivity contribution is 0.0471. The van der Waals surface area contributed by atoms with E-state index in [-0.39, 0.29) is 17.9 Å². The van der Waals surface area contributed by atoms with E-state index in [4.69, 9.17) is 9.15 Å². The normalized spacial score (nSPS) is 10.6. The lowest BCUT2D eigenvalue weighted by Crippen LogP contribution is -2.07. The summed E-state index contributed by atoms with van der Waals surface area (Å²) in [7, 11) is 0. The van der Waals surface area contributed by atoms with Gasteiger partial charge in [-0.15, -0.1) is 0 Å². The maximum Gasteiger partial charge on any atom is 0.338 e. The Bertz CT molecular complexity index is 796. The Kier molecular flexibility index (Phi) is 3.69. The van der Waals surface area contributed by atoms with Gasteiger partial charge in [0, 0.05) is 5.56 Å². The first kappa shape index (κ1) is 14.0. The van der Waals surface area contributed by atoms with Crippen molar-refractivity contribution in [1.29, 1.82) is 0 Å². The van der Waals surface area contributed by atoms with Crippen molar-refractivity contribution in [3.8, 4) is 5.69 Å². The summed E-state index contributed by atoms with van der Waals surface area (Å²) in [4.78, 5) is 15.7. The van der Waals surface area contributed by atoms with Gasteiger partial charge in [-0.1, -0.05) is 0 Å². The van der Waals surface area contributed by atoms with Gasteiger partial charge in [-0.2, -0.15) is 5.10 Å². The Morgan fingerprint density at radius 2 is 2.27 bits per heavy atom. The van der Waals surface area contributed by atoms with E-state index in [9.17, 15) is 9.18 Å². The summed E-state index contributed by atoms with van der Waals surface area (Å²) in [5, 5.41) is 3.84. The number of nitrogens with zero attached hydrogens (tertiary/aromatic N) is 3. The minimum absolute atomic E-state index is 0.0770. The molecule has 0 aliphatic rings. The topological polar surface area (TPSA) is 70.2 Å². The van der Waals surface area contributed by atoms with Crippen LogP contribution in [0.4, 0.5) is 4.39 Å². The second-order valence-corrected chi connectivity index (χ2v) is 4.58. The summed E-state index contributed by atoms with van der Waals surface area (Å²) in [5.74, 6) is -0.510. The van der Waals surface area contributed by atoms with Crippen molar-refractivity contribution < 1.29 is 18.3 Å². The zero-order valence-electron chi connectivity index (χ0n) is 11.7. The number of benzene rings is 1. The van der Waals surface area contributed by atoms with Crippen LogP contribution in [0.25, 0.3) is 5.69 Å². The Labute approximate surface area is 125 Å². The molecule has 3 aromatic rings. The van der Waals surface area contributed by atoms with Gasteiger partial charge < -0.3 is 9.15 Å². The molecule has 0 spiro atoms. The maximum absolute atomic E-state index is 14.0. The van der Waals surface area contributed by atoms with Crippen LogP contribution < -0.4 is 0 Å². The van der Waals surface area contributed by atoms with E-state index >= 15 is 0 Å². The standard InChI is InChI=1S/C15H12FN3O3/c1-10-12(4-5-21-10)7-22-15(20)11-2-3-14(13(16)6-11)19-9-17-8-18-19/h2-6,8-9H,7H2,1H3. The zero-order valence-corrected chi connectivity index (χ0v) is 11.7. The molecule has 2 heterocycles. The molecule has 0 atom stereocenters. The molecule has 6 nitrogen and oxygen atoms in total. The molecule has 0 fully saturated rings. The second-order valence-electron chi connectivity index (χ2n) is 4.58. The van der Waals surface area contributed by atoms with Crippen molar-refractivity contribution in [3.05, 3.63) is 65.9 Å². The van der Waals surface area contributed by atoms with Crippen LogP contribution in [-0.4, -0.2) is 20.7 Å². The van der Waals surface area contributed by atoms with Crippen molar-refractivity contribution in [1.82, 2.24) is 14.8 Å². The number of carbonyl (C=O) groups excluding carboxylic acids is 1. The van der Waals surface area contributed by atoms with Gasteiger partial charge in [0.1, 0.15) is 36.5 Å². The molecule has 0 aliphatic heterocycles. The number of rotatable bonds is 4. The van der Waals surface area contributed by atoms with E-state index in [0.29, 0.717) is 5.76 Å². The molecule has 0 saturated heterocycles. The van der Waals surface area contributed by atoms with Crippen molar-refractivity contribution in [2.75, 3.05) is 0 Å². The molecule has 22 heavy (non-hydrogen) atoms. The fraction of sp³-hybridized carbons (Fsp3) is 0.133. The summed E-state index contributed by atoms with van der Waals surface area (Å²) in [5.41, 5.74) is 1.11. The number of hydrogen-bond donors (Lipinski definition) is 0. The molecule has 0 amide bonds. The third-order valence-electron chi connectivity index (χ3n) is 3.17. The number of aromatic nitrogens is 3. The predicted molar refractivity (Wildman–Crippen MR) is 73.9 cm³/mol. The predicted octanol–water partition coefficient (Wildman–Crippen LogP) is 2.66. The maximum atomic E-state index is 14.0. The Hall–Kier alpha value is -2.96. The average Bonchev–Trinajstić information content (AvgIpc) is 3.16. The number of ether oxygens (including phenoxy) is 1. The zero-order chi connectivity index (χ0) is 15.5. The second kappa shape index (κ2) is 5.80. The minimum Gasteiger partial charge on any atom is -0.469 e. The summed E-state index contributed by atoms with van der Waals surface area (Å²) in [6.45, 7) is 1.85. The summed E-state index contributed by atoms with van der Waals surface area (Å²) < 4.78 is 25.6. The molecule has 0 unspecified atom stereocenters. The quantitative estimate of drug-likeness (QED) is 0.693. The first-order valence-electron chi connectivity index (χ1n) is 6.50. The molecule has 2 aromatic heterocycles. The summed E-state index contributed by atoms with van der Waals surface area (Å²) >= 11 is 0. The van der Waals surface area contributed by atoms with Gasteiger partial charge >= 0.3 is 5.97 Å². The molecular weight excluding hydrogens is 289 g/mol. The van der Waals surface area contributed by atoms with E-state index in [1.807, 2.05) is 0 Å². The van der Waals surface area contributed by atoms with Crippen LogP contribution in [0.3, 0.4) is 0 Å². The van der Waals surface area contributed by atoms with Gasteiger partial charge in [0.25, 0.3) is 0 Å². The largest absolute Gasteiger partial charge is 0.469 e. The van der Waals surface area contributed by atoms with Gasteiger partial charge in [0.15, 0.2) is 0 Å². The van der Waals surface area contributed by atoms with Gasteiger partial charge in [0.2, 0.25) is 0 Å². The number of furan rings is 1. The Morgan fingerprint density at radius 1 is 1.41 bits per heavy atom. The number of esters is 1. The molecule has 0 bridgehead atoms. The van der Waals surface area contributed by atoms with Gasteiger partial charge in [-0.3, -0.25) is 0 Å². The average molecular weight is 301 g/mol. The molecule has 0 aliphatic carbocycles. The Balaban J connectivity index is 1.73. The van der Waals surface area contributed by atoms with Crippen molar-refractivity contribution in [3.63, 3.8) is 0 Å². The van der Waals surface area contributed by atoms with Crippen LogP contribution in [0.2, 0.25) is 0 Å². The van der Waals surface area contributed by atoms with Crippen LogP contribution in [0.1, 0.15) is 21.7 Å². The number of carbonyl (C=O) groups is 1. The van der Waals surface area contributed by atoms with E-state index in [1.54, 1.807) is 13.0 Å². The first-order chi connectivity index (χ1) is 10.6. The van der Waals surface area contributed by atoms with Gasteiger partial charge in [-0.05, 0) is 31.2 Å². The fourth-order valence-electron chi connectivity index (χ4n) is 1.94. The van der Waals surface area contributed by atoms with Crippen LogP contribution >= 0.6 is 0 Å². The highest BCUT2D eigenvalue weighted by Crippen LogP contribution is 2.16. The van der Waals surface area contributed by atoms with Gasteiger partial charge in [-0.25, -0.2) is 18.9 Å². The number of halogens is 1. The third-order valence-corrected chi connectivity index (χ3v) is 3.17. The minimum atomic E-state index is -0.607. The third kappa shape index (κ3) is 2.73. The summed E-state index contributed by atoms with van der Waals surface area (Å²) in [6.07, 6.45) is 4.19. The highest BCUT2D eigenvalue weighted by molar-refractivity contribution is 5.89. The lowest BCUT2D eigenvalue weighted by atomic mass is 10.2. The SMILES string of the molecule is Cc1occc1COC(=O)c1ccc(-n2cncn2)c(F)c1. The molecule has 112 valence electrons. The molecular formula is C15H12FN3O3. The monoisotopic (exact) mass is 301 g/mol. The van der Waals surface area contributed by atoms with E-state index in [1.165, 1.54) is 35.7 Å². The van der Waals surface area contributed by atoms with Crippen molar-refractivity contribution in [2.45, 2.75) is 13.5 Å². The molecule has 7 heteroatoms. The van der Waals surface area contributed by atoms with Gasteiger partial charge in [0.05, 0.1) is 11.8 Å². The van der Waals surface area contributed by atoms with E-state index < -0.39 is 11.8 Å². The Morgan fingerprint density at radius 3 is 2.91 bits per heavy atom. The molecule has 0 saturated carbocycles. The molecule has 1 aromatic carbocycles. The highest BCUT2D eigenvalue weighted by atomic mass is 19.1. The van der Waals surface area contributed by atoms with Crippen LogP contribution in [0.5, 0.6) is 0 Å². The van der Waals surface area contributed by atoms with E-state index in [2.05, 4.69) is 10.1 Å². The fourth-order valence-corrected chi connectivity index (χ4v) is 1.94. The molecule has 0 radical (unpaired) electrons. The number of aryl methyl sites for hydroxylation is 1. The first-order valence-corrected chi connectivity index (χ1v) is 6.50. The highest BCUT2D eigenvalue weighted by Gasteiger charge is 2.13. The van der Waals surface area contributed by atoms with Crippen molar-refractivity contribution >= 4 is 5.97 Å². The molecule has 0 N–H and O–H groups in total. The van der Waals surface area contributed by atoms with Crippen LogP contribution in [0.15, 0.2) is 47.6 Å². The number of hydrogen-bond acceptors (Lipinski definition) is 5. The lowest BCUT2D eigenvalue weighted by Gasteiger charge is -2.06. The van der Waals surface area contributed by atoms with E-state index in [0.717, 1.165) is 11.6 Å². The van der Waals surface area contributed by atoms with Crippen LogP contribution in [-0.2, 0) is 11.3 Å². The smallest absolute Gasteiger partial charge is 0.338 e. The summed E-state index contributed by atoms with van der Waals surface area (Å²) in [6, 6.07) is 5.76. The van der Waals surface area contributed by atoms with Crippen molar-refractivity contribution in [2.24, 2.45) is 0 Å². The molecule has 3 rings (SSSR count).